The largest absolute Gasteiger partial charge is 0.493 e. The number of benzene rings is 2. The van der Waals surface area contributed by atoms with Crippen LogP contribution < -0.4 is 15.2 Å². The summed E-state index contributed by atoms with van der Waals surface area (Å²) in [5, 5.41) is 0.594. The van der Waals surface area contributed by atoms with E-state index in [2.05, 4.69) is 29.2 Å². The first-order valence-corrected chi connectivity index (χ1v) is 10.4. The van der Waals surface area contributed by atoms with Crippen LogP contribution in [-0.2, 0) is 19.5 Å². The molecule has 0 bridgehead atoms. The lowest BCUT2D eigenvalue weighted by atomic mass is 9.96. The lowest BCUT2D eigenvalue weighted by molar-refractivity contribution is 0.103. The van der Waals surface area contributed by atoms with Crippen LogP contribution in [0.25, 0.3) is 0 Å². The zero-order valence-electron chi connectivity index (χ0n) is 16.6. The van der Waals surface area contributed by atoms with E-state index in [-0.39, 0.29) is 5.78 Å². The Bertz CT molecular complexity index is 1030. The van der Waals surface area contributed by atoms with Crippen molar-refractivity contribution in [2.24, 2.45) is 0 Å². The monoisotopic (exact) mass is 408 g/mol. The second-order valence-corrected chi connectivity index (χ2v) is 8.22. The summed E-state index contributed by atoms with van der Waals surface area (Å²) < 4.78 is 10.6. The van der Waals surface area contributed by atoms with E-state index < -0.39 is 0 Å². The van der Waals surface area contributed by atoms with Crippen molar-refractivity contribution in [3.8, 4) is 11.5 Å². The van der Waals surface area contributed by atoms with Gasteiger partial charge in [0.25, 0.3) is 0 Å². The first-order valence-electron chi connectivity index (χ1n) is 9.53. The van der Waals surface area contributed by atoms with E-state index >= 15 is 0 Å². The molecule has 0 saturated carbocycles. The van der Waals surface area contributed by atoms with Gasteiger partial charge in [0.05, 0.1) is 24.8 Å². The molecule has 2 heterocycles. The molecule has 0 fully saturated rings. The molecule has 2 N–H and O–H groups in total. The first kappa shape index (κ1) is 19.5. The molecule has 0 spiro atoms. The number of nitrogen functional groups attached to an aromatic ring is 1. The Morgan fingerprint density at radius 3 is 2.59 bits per heavy atom. The Kier molecular flexibility index (Phi) is 5.56. The number of hydrogen-bond acceptors (Lipinski definition) is 6. The number of carbonyl (C=O) groups excluding carboxylic acids is 1. The van der Waals surface area contributed by atoms with Gasteiger partial charge in [-0.15, -0.1) is 11.3 Å². The fraction of sp³-hybridized carbons (Fsp3) is 0.261. The summed E-state index contributed by atoms with van der Waals surface area (Å²) in [4.78, 5) is 16.8. The van der Waals surface area contributed by atoms with Crippen LogP contribution in [0.4, 0.5) is 5.00 Å². The highest BCUT2D eigenvalue weighted by Crippen LogP contribution is 2.38. The van der Waals surface area contributed by atoms with Gasteiger partial charge in [-0.3, -0.25) is 9.69 Å². The number of methoxy groups -OCH3 is 2. The molecule has 4 rings (SSSR count). The van der Waals surface area contributed by atoms with Crippen LogP contribution in [0.2, 0.25) is 0 Å². The molecule has 1 aliphatic rings. The van der Waals surface area contributed by atoms with Crippen LogP contribution in [-0.4, -0.2) is 31.4 Å². The van der Waals surface area contributed by atoms with Crippen molar-refractivity contribution < 1.29 is 14.3 Å². The summed E-state index contributed by atoms with van der Waals surface area (Å²) in [5.41, 5.74) is 9.90. The minimum atomic E-state index is -0.0579. The van der Waals surface area contributed by atoms with Gasteiger partial charge in [-0.1, -0.05) is 30.3 Å². The lowest BCUT2D eigenvalue weighted by Crippen LogP contribution is -2.29. The molecular weight excluding hydrogens is 384 g/mol. The Labute approximate surface area is 174 Å². The molecule has 150 valence electrons. The van der Waals surface area contributed by atoms with E-state index in [0.29, 0.717) is 27.6 Å². The molecule has 1 aromatic heterocycles. The number of carbonyl (C=O) groups is 1. The third-order valence-electron chi connectivity index (χ3n) is 5.28. The van der Waals surface area contributed by atoms with Gasteiger partial charge in [-0.2, -0.15) is 0 Å². The standard InChI is InChI=1S/C23H24N2O3S/c1-27-18-9-8-16(12-19(18)28-2)22(26)21-17-10-11-25(14-20(17)29-23(21)24)13-15-6-4-3-5-7-15/h3-9,12H,10-11,13-14,24H2,1-2H3. The molecular formula is C23H24N2O3S. The number of nitrogens with zero attached hydrogens (tertiary/aromatic N) is 1. The molecule has 5 nitrogen and oxygen atoms in total. The average molecular weight is 409 g/mol. The second-order valence-electron chi connectivity index (χ2n) is 7.09. The quantitative estimate of drug-likeness (QED) is 0.621. The van der Waals surface area contributed by atoms with Crippen molar-refractivity contribution in [1.82, 2.24) is 4.90 Å². The van der Waals surface area contributed by atoms with E-state index in [1.807, 2.05) is 6.07 Å². The van der Waals surface area contributed by atoms with Crippen LogP contribution in [0.15, 0.2) is 48.5 Å². The molecule has 0 radical (unpaired) electrons. The summed E-state index contributed by atoms with van der Waals surface area (Å²) in [6.07, 6.45) is 0.824. The molecule has 0 aliphatic carbocycles. The number of anilines is 1. The summed E-state index contributed by atoms with van der Waals surface area (Å²) in [7, 11) is 3.14. The molecule has 6 heteroatoms. The van der Waals surface area contributed by atoms with Crippen LogP contribution in [0.3, 0.4) is 0 Å². The number of rotatable bonds is 6. The smallest absolute Gasteiger partial charge is 0.196 e. The molecule has 0 amide bonds. The number of fused-ring (bicyclic) bond motifs is 1. The Morgan fingerprint density at radius 1 is 1.10 bits per heavy atom. The van der Waals surface area contributed by atoms with E-state index in [1.54, 1.807) is 32.4 Å². The number of thiophene rings is 1. The highest BCUT2D eigenvalue weighted by Gasteiger charge is 2.28. The maximum atomic E-state index is 13.3. The van der Waals surface area contributed by atoms with Crippen molar-refractivity contribution in [2.45, 2.75) is 19.5 Å². The molecule has 0 unspecified atom stereocenters. The van der Waals surface area contributed by atoms with Crippen LogP contribution in [0.5, 0.6) is 11.5 Å². The van der Waals surface area contributed by atoms with Crippen molar-refractivity contribution in [2.75, 3.05) is 26.5 Å². The third-order valence-corrected chi connectivity index (χ3v) is 6.33. The second kappa shape index (κ2) is 8.27. The third kappa shape index (κ3) is 3.86. The predicted octanol–water partition coefficient (Wildman–Crippen LogP) is 4.14. The van der Waals surface area contributed by atoms with Crippen LogP contribution in [0, 0.1) is 0 Å². The molecule has 0 saturated heterocycles. The Morgan fingerprint density at radius 2 is 1.86 bits per heavy atom. The first-order chi connectivity index (χ1) is 14.1. The number of ketones is 1. The lowest BCUT2D eigenvalue weighted by Gasteiger charge is -2.27. The molecule has 3 aromatic rings. The minimum absolute atomic E-state index is 0.0579. The Balaban J connectivity index is 1.59. The highest BCUT2D eigenvalue weighted by atomic mass is 32.1. The summed E-state index contributed by atoms with van der Waals surface area (Å²) >= 11 is 1.53. The van der Waals surface area contributed by atoms with Crippen molar-refractivity contribution in [1.29, 1.82) is 0 Å². The minimum Gasteiger partial charge on any atom is -0.493 e. The normalized spacial score (nSPS) is 13.7. The van der Waals surface area contributed by atoms with Crippen LogP contribution in [0.1, 0.15) is 31.9 Å². The van der Waals surface area contributed by atoms with Crippen LogP contribution >= 0.6 is 11.3 Å². The summed E-state index contributed by atoms with van der Waals surface area (Å²) in [6, 6.07) is 15.7. The zero-order chi connectivity index (χ0) is 20.4. The zero-order valence-corrected chi connectivity index (χ0v) is 17.4. The number of ether oxygens (including phenoxy) is 2. The predicted molar refractivity (Wildman–Crippen MR) is 116 cm³/mol. The summed E-state index contributed by atoms with van der Waals surface area (Å²) in [5.74, 6) is 1.08. The fourth-order valence-corrected chi connectivity index (χ4v) is 4.98. The maximum absolute atomic E-state index is 13.3. The molecule has 29 heavy (non-hydrogen) atoms. The van der Waals surface area contributed by atoms with Gasteiger partial charge in [-0.25, -0.2) is 0 Å². The van der Waals surface area contributed by atoms with Gasteiger partial charge in [0, 0.05) is 30.1 Å². The topological polar surface area (TPSA) is 64.8 Å². The van der Waals surface area contributed by atoms with Crippen molar-refractivity contribution in [3.63, 3.8) is 0 Å². The van der Waals surface area contributed by atoms with E-state index in [0.717, 1.165) is 31.6 Å². The van der Waals surface area contributed by atoms with Gasteiger partial charge in [0.1, 0.15) is 0 Å². The van der Waals surface area contributed by atoms with Gasteiger partial charge in [-0.05, 0) is 35.7 Å². The van der Waals surface area contributed by atoms with Gasteiger partial charge in [0.15, 0.2) is 17.3 Å². The van der Waals surface area contributed by atoms with Crippen molar-refractivity contribution in [3.05, 3.63) is 75.7 Å². The summed E-state index contributed by atoms with van der Waals surface area (Å²) in [6.45, 7) is 2.62. The molecule has 1 aliphatic heterocycles. The highest BCUT2D eigenvalue weighted by molar-refractivity contribution is 7.16. The van der Waals surface area contributed by atoms with Gasteiger partial charge >= 0.3 is 0 Å². The Hall–Kier alpha value is -2.83. The molecule has 0 atom stereocenters. The maximum Gasteiger partial charge on any atom is 0.196 e. The number of nitrogens with two attached hydrogens (primary N) is 1. The van der Waals surface area contributed by atoms with E-state index in [9.17, 15) is 4.79 Å². The SMILES string of the molecule is COc1ccc(C(=O)c2c(N)sc3c2CCN(Cc2ccccc2)C3)cc1OC. The fourth-order valence-electron chi connectivity index (χ4n) is 3.83. The number of hydrogen-bond donors (Lipinski definition) is 1. The van der Waals surface area contributed by atoms with Crippen molar-refractivity contribution >= 4 is 22.1 Å². The molecule has 2 aromatic carbocycles. The average Bonchev–Trinajstić information content (AvgIpc) is 3.08. The van der Waals surface area contributed by atoms with Gasteiger partial charge < -0.3 is 15.2 Å². The van der Waals surface area contributed by atoms with E-state index in [4.69, 9.17) is 15.2 Å². The van der Waals surface area contributed by atoms with Gasteiger partial charge in [0.2, 0.25) is 0 Å². The van der Waals surface area contributed by atoms with E-state index in [1.165, 1.54) is 21.8 Å².